The van der Waals surface area contributed by atoms with Gasteiger partial charge in [0.15, 0.2) is 0 Å². The summed E-state index contributed by atoms with van der Waals surface area (Å²) in [6, 6.07) is 1.54. The maximum Gasteiger partial charge on any atom is 0.0197 e. The van der Waals surface area contributed by atoms with E-state index in [1.807, 2.05) is 0 Å². The molecule has 3 nitrogen and oxygen atoms in total. The molecular formula is C15H29N3. The summed E-state index contributed by atoms with van der Waals surface area (Å²) < 4.78 is 0. The van der Waals surface area contributed by atoms with Crippen LogP contribution in [0.15, 0.2) is 0 Å². The summed E-state index contributed by atoms with van der Waals surface area (Å²) in [4.78, 5) is 5.17. The average Bonchev–Trinajstić information content (AvgIpc) is 3.16. The second-order valence-corrected chi connectivity index (χ2v) is 6.79. The molecule has 0 aromatic carbocycles. The van der Waals surface area contributed by atoms with E-state index in [4.69, 9.17) is 0 Å². The van der Waals surface area contributed by atoms with Gasteiger partial charge >= 0.3 is 0 Å². The molecule has 2 heterocycles. The van der Waals surface area contributed by atoms with E-state index in [2.05, 4.69) is 22.2 Å². The summed E-state index contributed by atoms with van der Waals surface area (Å²) in [5, 5.41) is 3.91. The highest BCUT2D eigenvalue weighted by atomic mass is 15.2. The van der Waals surface area contributed by atoms with Gasteiger partial charge in [-0.1, -0.05) is 0 Å². The van der Waals surface area contributed by atoms with Crippen LogP contribution in [-0.2, 0) is 0 Å². The van der Waals surface area contributed by atoms with Crippen molar-refractivity contribution >= 4 is 0 Å². The lowest BCUT2D eigenvalue weighted by atomic mass is 10.00. The van der Waals surface area contributed by atoms with Crippen LogP contribution in [0.1, 0.15) is 38.5 Å². The molecule has 1 saturated carbocycles. The highest BCUT2D eigenvalue weighted by Gasteiger charge is 2.28. The smallest absolute Gasteiger partial charge is 0.0197 e. The van der Waals surface area contributed by atoms with Gasteiger partial charge in [-0.2, -0.15) is 0 Å². The van der Waals surface area contributed by atoms with Gasteiger partial charge in [0.25, 0.3) is 0 Å². The van der Waals surface area contributed by atoms with Crippen molar-refractivity contribution in [3.63, 3.8) is 0 Å². The van der Waals surface area contributed by atoms with Gasteiger partial charge in [-0.3, -0.25) is 0 Å². The molecule has 2 saturated heterocycles. The molecule has 3 heteroatoms. The minimum Gasteiger partial charge on any atom is -0.310 e. The third-order valence-corrected chi connectivity index (χ3v) is 4.90. The molecule has 0 aromatic heterocycles. The SMILES string of the molecule is CN1CCCC(NC2CCN(CC3CC3)CC2)C1. The van der Waals surface area contributed by atoms with E-state index < -0.39 is 0 Å². The van der Waals surface area contributed by atoms with Crippen LogP contribution in [0.2, 0.25) is 0 Å². The Morgan fingerprint density at radius 2 is 1.72 bits per heavy atom. The van der Waals surface area contributed by atoms with Gasteiger partial charge in [0.1, 0.15) is 0 Å². The maximum atomic E-state index is 3.91. The van der Waals surface area contributed by atoms with Crippen LogP contribution in [0.4, 0.5) is 0 Å². The van der Waals surface area contributed by atoms with Crippen molar-refractivity contribution in [2.45, 2.75) is 50.6 Å². The van der Waals surface area contributed by atoms with E-state index in [0.717, 1.165) is 18.0 Å². The third-order valence-electron chi connectivity index (χ3n) is 4.90. The number of hydrogen-bond acceptors (Lipinski definition) is 3. The molecule has 3 fully saturated rings. The molecule has 1 aliphatic carbocycles. The number of nitrogens with one attached hydrogen (secondary N) is 1. The fourth-order valence-corrected chi connectivity index (χ4v) is 3.58. The standard InChI is InChI=1S/C15H29N3/c1-17-8-2-3-15(12-17)16-14-6-9-18(10-7-14)11-13-4-5-13/h13-16H,2-12H2,1H3. The van der Waals surface area contributed by atoms with Gasteiger partial charge in [0.05, 0.1) is 0 Å². The molecule has 1 N–H and O–H groups in total. The molecule has 0 spiro atoms. The Morgan fingerprint density at radius 1 is 0.944 bits per heavy atom. The normalized spacial score (nSPS) is 32.8. The zero-order valence-electron chi connectivity index (χ0n) is 11.9. The van der Waals surface area contributed by atoms with Crippen molar-refractivity contribution in [1.82, 2.24) is 15.1 Å². The lowest BCUT2D eigenvalue weighted by Crippen LogP contribution is -2.51. The molecule has 0 amide bonds. The lowest BCUT2D eigenvalue weighted by molar-refractivity contribution is 0.162. The quantitative estimate of drug-likeness (QED) is 0.818. The topological polar surface area (TPSA) is 18.5 Å². The van der Waals surface area contributed by atoms with E-state index in [9.17, 15) is 0 Å². The number of likely N-dealkylation sites (N-methyl/N-ethyl adjacent to an activating group) is 1. The molecule has 0 radical (unpaired) electrons. The molecule has 1 unspecified atom stereocenters. The molecule has 18 heavy (non-hydrogen) atoms. The van der Waals surface area contributed by atoms with E-state index in [0.29, 0.717) is 0 Å². The first-order valence-corrected chi connectivity index (χ1v) is 7.96. The highest BCUT2D eigenvalue weighted by molar-refractivity contribution is 4.86. The Morgan fingerprint density at radius 3 is 2.39 bits per heavy atom. The lowest BCUT2D eigenvalue weighted by Gasteiger charge is -2.37. The predicted octanol–water partition coefficient (Wildman–Crippen LogP) is 1.54. The minimum atomic E-state index is 0.753. The van der Waals surface area contributed by atoms with Crippen LogP contribution in [-0.4, -0.2) is 61.7 Å². The molecule has 1 atom stereocenters. The number of rotatable bonds is 4. The summed E-state index contributed by atoms with van der Waals surface area (Å²) in [5.41, 5.74) is 0. The Hall–Kier alpha value is -0.120. The number of nitrogens with zero attached hydrogens (tertiary/aromatic N) is 2. The first-order chi connectivity index (χ1) is 8.79. The summed E-state index contributed by atoms with van der Waals surface area (Å²) in [5.74, 6) is 1.06. The van der Waals surface area contributed by atoms with Crippen LogP contribution in [0.5, 0.6) is 0 Å². The second-order valence-electron chi connectivity index (χ2n) is 6.79. The van der Waals surface area contributed by atoms with Crippen molar-refractivity contribution in [2.24, 2.45) is 5.92 Å². The van der Waals surface area contributed by atoms with E-state index >= 15 is 0 Å². The first-order valence-electron chi connectivity index (χ1n) is 7.96. The first kappa shape index (κ1) is 12.9. The average molecular weight is 251 g/mol. The van der Waals surface area contributed by atoms with E-state index in [1.165, 1.54) is 71.2 Å². The second kappa shape index (κ2) is 5.89. The zero-order valence-corrected chi connectivity index (χ0v) is 11.9. The van der Waals surface area contributed by atoms with Crippen LogP contribution in [0, 0.1) is 5.92 Å². The fraction of sp³-hybridized carbons (Fsp3) is 1.00. The number of piperidine rings is 2. The van der Waals surface area contributed by atoms with Crippen LogP contribution < -0.4 is 5.32 Å². The van der Waals surface area contributed by atoms with Gasteiger partial charge in [-0.05, 0) is 71.1 Å². The van der Waals surface area contributed by atoms with Crippen LogP contribution in [0.25, 0.3) is 0 Å². The van der Waals surface area contributed by atoms with Crippen molar-refractivity contribution < 1.29 is 0 Å². The minimum absolute atomic E-state index is 0.753. The fourth-order valence-electron chi connectivity index (χ4n) is 3.58. The predicted molar refractivity (Wildman–Crippen MR) is 75.8 cm³/mol. The summed E-state index contributed by atoms with van der Waals surface area (Å²) in [6.45, 7) is 6.59. The van der Waals surface area contributed by atoms with E-state index in [-0.39, 0.29) is 0 Å². The van der Waals surface area contributed by atoms with Gasteiger partial charge in [0.2, 0.25) is 0 Å². The third kappa shape index (κ3) is 3.69. The largest absolute Gasteiger partial charge is 0.310 e. The Bertz CT molecular complexity index is 256. The van der Waals surface area contributed by atoms with Gasteiger partial charge in [0, 0.05) is 25.2 Å². The summed E-state index contributed by atoms with van der Waals surface area (Å²) in [6.07, 6.45) is 8.47. The molecule has 0 aromatic rings. The van der Waals surface area contributed by atoms with Crippen molar-refractivity contribution in [3.8, 4) is 0 Å². The maximum absolute atomic E-state index is 3.91. The summed E-state index contributed by atoms with van der Waals surface area (Å²) >= 11 is 0. The van der Waals surface area contributed by atoms with Gasteiger partial charge in [-0.25, -0.2) is 0 Å². The molecule has 104 valence electrons. The highest BCUT2D eigenvalue weighted by Crippen LogP contribution is 2.30. The number of likely N-dealkylation sites (tertiary alicyclic amines) is 2. The molecular weight excluding hydrogens is 222 g/mol. The number of hydrogen-bond donors (Lipinski definition) is 1. The van der Waals surface area contributed by atoms with Gasteiger partial charge in [-0.15, -0.1) is 0 Å². The van der Waals surface area contributed by atoms with Crippen molar-refractivity contribution in [2.75, 3.05) is 39.8 Å². The van der Waals surface area contributed by atoms with Crippen LogP contribution >= 0.6 is 0 Å². The van der Waals surface area contributed by atoms with Crippen molar-refractivity contribution in [1.29, 1.82) is 0 Å². The zero-order chi connectivity index (χ0) is 12.4. The summed E-state index contributed by atoms with van der Waals surface area (Å²) in [7, 11) is 2.26. The Labute approximate surface area is 112 Å². The van der Waals surface area contributed by atoms with Gasteiger partial charge < -0.3 is 15.1 Å². The Kier molecular flexibility index (Phi) is 4.22. The molecule has 2 aliphatic heterocycles. The van der Waals surface area contributed by atoms with E-state index in [1.54, 1.807) is 0 Å². The van der Waals surface area contributed by atoms with Crippen molar-refractivity contribution in [3.05, 3.63) is 0 Å². The van der Waals surface area contributed by atoms with Crippen LogP contribution in [0.3, 0.4) is 0 Å². The monoisotopic (exact) mass is 251 g/mol. The molecule has 0 bridgehead atoms. The Balaban J connectivity index is 1.36. The molecule has 3 rings (SSSR count). The molecule has 3 aliphatic rings.